The molecule has 4 nitrogen and oxygen atoms in total. The molecule has 2 aromatic rings. The topological polar surface area (TPSA) is 55.1 Å². The fourth-order valence-electron chi connectivity index (χ4n) is 1.33. The summed E-state index contributed by atoms with van der Waals surface area (Å²) in [6, 6.07) is 6.79. The van der Waals surface area contributed by atoms with Gasteiger partial charge >= 0.3 is 5.97 Å². The van der Waals surface area contributed by atoms with Crippen molar-refractivity contribution < 1.29 is 9.90 Å². The second-order valence-corrected chi connectivity index (χ2v) is 5.14. The van der Waals surface area contributed by atoms with Crippen LogP contribution in [0.15, 0.2) is 43.0 Å². The number of carbonyl (C=O) groups is 1. The van der Waals surface area contributed by atoms with Gasteiger partial charge in [0.05, 0.1) is 5.56 Å². The monoisotopic (exact) mass is 278 g/mol. The number of imidazole rings is 1. The van der Waals surface area contributed by atoms with E-state index in [1.54, 1.807) is 47.6 Å². The number of thioether (sulfide) groups is 1. The van der Waals surface area contributed by atoms with Crippen LogP contribution in [-0.2, 0) is 5.75 Å². The van der Waals surface area contributed by atoms with E-state index in [4.69, 9.17) is 17.3 Å². The van der Waals surface area contributed by atoms with Gasteiger partial charge in [-0.15, -0.1) is 0 Å². The van der Waals surface area contributed by atoms with Crippen molar-refractivity contribution in [2.45, 2.75) is 5.75 Å². The molecule has 0 aliphatic heterocycles. The van der Waals surface area contributed by atoms with Crippen LogP contribution in [0.4, 0.5) is 0 Å². The summed E-state index contributed by atoms with van der Waals surface area (Å²) in [7, 11) is 0. The Morgan fingerprint density at radius 2 is 2.11 bits per heavy atom. The van der Waals surface area contributed by atoms with Gasteiger partial charge in [-0.25, -0.2) is 9.78 Å². The lowest BCUT2D eigenvalue weighted by Crippen LogP contribution is -2.02. The smallest absolute Gasteiger partial charge is 0.335 e. The second-order valence-electron chi connectivity index (χ2n) is 3.53. The lowest BCUT2D eigenvalue weighted by atomic mass is 10.1. The van der Waals surface area contributed by atoms with E-state index in [0.29, 0.717) is 11.3 Å². The number of carboxylic acid groups (broad SMARTS) is 1. The minimum absolute atomic E-state index is 0.293. The molecule has 0 bridgehead atoms. The van der Waals surface area contributed by atoms with E-state index in [9.17, 15) is 4.79 Å². The Balaban J connectivity index is 1.94. The van der Waals surface area contributed by atoms with Crippen molar-refractivity contribution in [1.29, 1.82) is 0 Å². The van der Waals surface area contributed by atoms with Crippen LogP contribution in [0.1, 0.15) is 15.9 Å². The summed E-state index contributed by atoms with van der Waals surface area (Å²) in [4.78, 5) is 14.6. The van der Waals surface area contributed by atoms with Gasteiger partial charge in [-0.3, -0.25) is 4.57 Å². The molecule has 0 saturated heterocycles. The zero-order chi connectivity index (χ0) is 13.0. The highest BCUT2D eigenvalue weighted by Gasteiger charge is 2.04. The van der Waals surface area contributed by atoms with Crippen molar-refractivity contribution in [3.8, 4) is 0 Å². The van der Waals surface area contributed by atoms with E-state index in [-0.39, 0.29) is 0 Å². The first-order chi connectivity index (χ1) is 8.66. The van der Waals surface area contributed by atoms with Crippen LogP contribution in [0.25, 0.3) is 0 Å². The molecule has 0 unspecified atom stereocenters. The maximum absolute atomic E-state index is 10.7. The standard InChI is InChI=1S/C12H10N2O2S2/c15-11(16)10-3-1-9(2-4-10)7-18-12(17)14-6-5-13-8-14/h1-6,8H,7H2,(H,15,16). The van der Waals surface area contributed by atoms with Crippen LogP contribution in [0.3, 0.4) is 0 Å². The van der Waals surface area contributed by atoms with Gasteiger partial charge < -0.3 is 5.11 Å². The third-order valence-electron chi connectivity index (χ3n) is 2.28. The van der Waals surface area contributed by atoms with E-state index < -0.39 is 5.97 Å². The van der Waals surface area contributed by atoms with Gasteiger partial charge in [0, 0.05) is 18.1 Å². The van der Waals surface area contributed by atoms with Crippen LogP contribution >= 0.6 is 24.0 Å². The van der Waals surface area contributed by atoms with Crippen molar-refractivity contribution in [2.75, 3.05) is 0 Å². The average molecular weight is 278 g/mol. The summed E-state index contributed by atoms with van der Waals surface area (Å²) in [5.41, 5.74) is 1.33. The summed E-state index contributed by atoms with van der Waals surface area (Å²) in [5.74, 6) is -0.208. The number of aromatic nitrogens is 2. The molecule has 0 aliphatic rings. The molecule has 1 N–H and O–H groups in total. The third-order valence-corrected chi connectivity index (χ3v) is 3.78. The van der Waals surface area contributed by atoms with Gasteiger partial charge in [-0.2, -0.15) is 0 Å². The predicted molar refractivity (Wildman–Crippen MR) is 74.9 cm³/mol. The number of carboxylic acids is 1. The first-order valence-corrected chi connectivity index (χ1v) is 6.53. The Hall–Kier alpha value is -1.66. The number of thiocarbonyl (C=S) groups is 1. The predicted octanol–water partition coefficient (Wildman–Crippen LogP) is 2.65. The molecule has 0 atom stereocenters. The molecule has 0 radical (unpaired) electrons. The summed E-state index contributed by atoms with van der Waals surface area (Å²) < 4.78 is 2.49. The molecule has 0 spiro atoms. The van der Waals surface area contributed by atoms with E-state index in [1.165, 1.54) is 11.8 Å². The molecule has 0 aliphatic carbocycles. The quantitative estimate of drug-likeness (QED) is 0.875. The van der Waals surface area contributed by atoms with Gasteiger partial charge in [0.25, 0.3) is 0 Å². The zero-order valence-corrected chi connectivity index (χ0v) is 10.9. The van der Waals surface area contributed by atoms with E-state index in [0.717, 1.165) is 9.88 Å². The van der Waals surface area contributed by atoms with Crippen LogP contribution in [0, 0.1) is 0 Å². The fourth-order valence-corrected chi connectivity index (χ4v) is 2.35. The van der Waals surface area contributed by atoms with E-state index in [2.05, 4.69) is 4.98 Å². The van der Waals surface area contributed by atoms with Crippen LogP contribution < -0.4 is 0 Å². The molecule has 1 aromatic carbocycles. The molecule has 0 fully saturated rings. The molecule has 6 heteroatoms. The first kappa shape index (κ1) is 12.8. The van der Waals surface area contributed by atoms with Crippen molar-refractivity contribution in [1.82, 2.24) is 9.55 Å². The largest absolute Gasteiger partial charge is 0.478 e. The maximum atomic E-state index is 10.7. The van der Waals surface area contributed by atoms with Crippen LogP contribution in [0.2, 0.25) is 0 Å². The Morgan fingerprint density at radius 3 is 2.67 bits per heavy atom. The van der Waals surface area contributed by atoms with E-state index >= 15 is 0 Å². The molecule has 0 saturated carbocycles. The third kappa shape index (κ3) is 3.18. The molecular weight excluding hydrogens is 268 g/mol. The number of benzene rings is 1. The Morgan fingerprint density at radius 1 is 1.39 bits per heavy atom. The highest BCUT2D eigenvalue weighted by atomic mass is 32.2. The zero-order valence-electron chi connectivity index (χ0n) is 9.31. The number of aromatic carboxylic acids is 1. The molecule has 0 amide bonds. The van der Waals surface area contributed by atoms with Gasteiger partial charge in [0.15, 0.2) is 0 Å². The number of hydrogen-bond donors (Lipinski definition) is 1. The van der Waals surface area contributed by atoms with Crippen LogP contribution in [0.5, 0.6) is 0 Å². The van der Waals surface area contributed by atoms with Crippen molar-refractivity contribution in [2.24, 2.45) is 0 Å². The van der Waals surface area contributed by atoms with Gasteiger partial charge in [-0.05, 0) is 17.7 Å². The molecular formula is C12H10N2O2S2. The second kappa shape index (κ2) is 5.79. The minimum Gasteiger partial charge on any atom is -0.478 e. The number of nitrogens with zero attached hydrogens (tertiary/aromatic N) is 2. The normalized spacial score (nSPS) is 10.2. The highest BCUT2D eigenvalue weighted by Crippen LogP contribution is 2.16. The summed E-state index contributed by atoms with van der Waals surface area (Å²) in [6.45, 7) is 0. The summed E-state index contributed by atoms with van der Waals surface area (Å²) in [6.07, 6.45) is 5.13. The summed E-state index contributed by atoms with van der Waals surface area (Å²) >= 11 is 6.74. The Labute approximate surface area is 114 Å². The molecule has 92 valence electrons. The van der Waals surface area contributed by atoms with Crippen LogP contribution in [-0.4, -0.2) is 24.9 Å². The van der Waals surface area contributed by atoms with Gasteiger partial charge in [-0.1, -0.05) is 36.1 Å². The molecule has 1 heterocycles. The highest BCUT2D eigenvalue weighted by molar-refractivity contribution is 8.22. The van der Waals surface area contributed by atoms with Crippen molar-refractivity contribution in [3.63, 3.8) is 0 Å². The molecule has 18 heavy (non-hydrogen) atoms. The maximum Gasteiger partial charge on any atom is 0.335 e. The number of hydrogen-bond acceptors (Lipinski definition) is 4. The van der Waals surface area contributed by atoms with Gasteiger partial charge in [0.1, 0.15) is 10.6 Å². The average Bonchev–Trinajstić information content (AvgIpc) is 2.90. The van der Waals surface area contributed by atoms with E-state index in [1.807, 2.05) is 0 Å². The lowest BCUT2D eigenvalue weighted by Gasteiger charge is -2.04. The molecule has 2 rings (SSSR count). The first-order valence-electron chi connectivity index (χ1n) is 5.14. The number of rotatable bonds is 3. The Bertz CT molecular complexity index is 550. The molecule has 1 aromatic heterocycles. The van der Waals surface area contributed by atoms with Crippen molar-refractivity contribution in [3.05, 3.63) is 54.1 Å². The van der Waals surface area contributed by atoms with Crippen molar-refractivity contribution >= 4 is 34.3 Å². The Kier molecular flexibility index (Phi) is 4.11. The summed E-state index contributed by atoms with van der Waals surface area (Å²) in [5, 5.41) is 8.78. The lowest BCUT2D eigenvalue weighted by molar-refractivity contribution is 0.0697. The fraction of sp³-hybridized carbons (Fsp3) is 0.0833. The SMILES string of the molecule is O=C(O)c1ccc(CSC(=S)n2ccnc2)cc1. The minimum atomic E-state index is -0.914. The van der Waals surface area contributed by atoms with Gasteiger partial charge in [0.2, 0.25) is 0 Å².